The first kappa shape index (κ1) is 13.3. The maximum Gasteiger partial charge on any atom is 0.312 e. The van der Waals surface area contributed by atoms with Crippen LogP contribution in [0.4, 0.5) is 5.69 Å². The smallest absolute Gasteiger partial charge is 0.258 e. The Morgan fingerprint density at radius 1 is 1.26 bits per heavy atom. The molecule has 0 amide bonds. The van der Waals surface area contributed by atoms with Crippen LogP contribution in [0.2, 0.25) is 0 Å². The van der Waals surface area contributed by atoms with Crippen molar-refractivity contribution < 1.29 is 4.92 Å². The number of aryl methyl sites for hydroxylation is 3. The number of benzene rings is 1. The predicted molar refractivity (Wildman–Crippen MR) is 73.4 cm³/mol. The third kappa shape index (κ3) is 2.50. The normalized spacial score (nSPS) is 10.7. The molecule has 2 rings (SSSR count). The number of hydrogen-bond donors (Lipinski definition) is 0. The summed E-state index contributed by atoms with van der Waals surface area (Å²) in [6, 6.07) is 6.21. The molecule has 0 radical (unpaired) electrons. The second kappa shape index (κ2) is 4.84. The molecule has 0 unspecified atom stereocenters. The fraction of sp³-hybridized carbons (Fsp3) is 0.357. The Morgan fingerprint density at radius 2 is 1.95 bits per heavy atom. The molecule has 19 heavy (non-hydrogen) atoms. The third-order valence-corrected chi connectivity index (χ3v) is 3.35. The lowest BCUT2D eigenvalue weighted by Crippen LogP contribution is -2.06. The maximum absolute atomic E-state index is 11.0. The van der Waals surface area contributed by atoms with Gasteiger partial charge in [0.05, 0.1) is 11.5 Å². The van der Waals surface area contributed by atoms with Gasteiger partial charge in [0.1, 0.15) is 11.4 Å². The summed E-state index contributed by atoms with van der Waals surface area (Å²) in [6.45, 7) is 8.05. The molecule has 0 aliphatic heterocycles. The minimum absolute atomic E-state index is 0.116. The van der Waals surface area contributed by atoms with Gasteiger partial charge in [-0.3, -0.25) is 14.8 Å². The van der Waals surface area contributed by atoms with Gasteiger partial charge in [0.15, 0.2) is 0 Å². The number of rotatable bonds is 3. The van der Waals surface area contributed by atoms with Gasteiger partial charge in [0, 0.05) is 0 Å². The van der Waals surface area contributed by atoms with E-state index in [0.717, 1.165) is 5.56 Å². The van der Waals surface area contributed by atoms with Gasteiger partial charge in [-0.1, -0.05) is 23.8 Å². The lowest BCUT2D eigenvalue weighted by Gasteiger charge is -2.08. The van der Waals surface area contributed by atoms with Crippen LogP contribution in [0.5, 0.6) is 0 Å². The van der Waals surface area contributed by atoms with Crippen LogP contribution in [0.25, 0.3) is 0 Å². The first-order chi connectivity index (χ1) is 8.90. The van der Waals surface area contributed by atoms with Gasteiger partial charge >= 0.3 is 5.69 Å². The highest BCUT2D eigenvalue weighted by molar-refractivity contribution is 5.40. The van der Waals surface area contributed by atoms with Crippen LogP contribution >= 0.6 is 0 Å². The Hall–Kier alpha value is -2.17. The number of nitro groups is 1. The Bertz CT molecular complexity index is 644. The van der Waals surface area contributed by atoms with Crippen molar-refractivity contribution in [3.8, 4) is 0 Å². The van der Waals surface area contributed by atoms with Gasteiger partial charge in [-0.2, -0.15) is 5.10 Å². The minimum Gasteiger partial charge on any atom is -0.258 e. The van der Waals surface area contributed by atoms with E-state index in [1.165, 1.54) is 11.1 Å². The summed E-state index contributed by atoms with van der Waals surface area (Å²) in [5, 5.41) is 15.3. The Morgan fingerprint density at radius 3 is 2.53 bits per heavy atom. The van der Waals surface area contributed by atoms with Gasteiger partial charge in [-0.05, 0) is 38.8 Å². The molecule has 1 heterocycles. The van der Waals surface area contributed by atoms with Crippen LogP contribution in [0.1, 0.15) is 28.1 Å². The van der Waals surface area contributed by atoms with Crippen molar-refractivity contribution in [3.05, 3.63) is 56.4 Å². The van der Waals surface area contributed by atoms with Gasteiger partial charge < -0.3 is 0 Å². The van der Waals surface area contributed by atoms with Crippen LogP contribution < -0.4 is 0 Å². The summed E-state index contributed by atoms with van der Waals surface area (Å²) in [5.74, 6) is 0. The average Bonchev–Trinajstić information content (AvgIpc) is 2.59. The number of aromatic nitrogens is 2. The van der Waals surface area contributed by atoms with E-state index in [0.29, 0.717) is 17.9 Å². The molecule has 5 nitrogen and oxygen atoms in total. The molecule has 0 bridgehead atoms. The van der Waals surface area contributed by atoms with Crippen LogP contribution in [0.3, 0.4) is 0 Å². The molecule has 0 aliphatic rings. The first-order valence-electron chi connectivity index (χ1n) is 6.14. The SMILES string of the molecule is Cc1ccc(C)c(Cn2nc(C)c([N+](=O)[O-])c2C)c1. The molecule has 2 aromatic rings. The summed E-state index contributed by atoms with van der Waals surface area (Å²) in [4.78, 5) is 10.6. The first-order valence-corrected chi connectivity index (χ1v) is 6.14. The number of nitrogens with zero attached hydrogens (tertiary/aromatic N) is 3. The van der Waals surface area contributed by atoms with Crippen molar-refractivity contribution in [2.75, 3.05) is 0 Å². The van der Waals surface area contributed by atoms with E-state index in [-0.39, 0.29) is 10.6 Å². The van der Waals surface area contributed by atoms with Crippen LogP contribution in [-0.4, -0.2) is 14.7 Å². The standard InChI is InChI=1S/C14H17N3O2/c1-9-5-6-10(2)13(7-9)8-16-12(4)14(17(18)19)11(3)15-16/h5-7H,8H2,1-4H3. The Labute approximate surface area is 112 Å². The molecule has 0 N–H and O–H groups in total. The van der Waals surface area contributed by atoms with Gasteiger partial charge in [-0.15, -0.1) is 0 Å². The highest BCUT2D eigenvalue weighted by Crippen LogP contribution is 2.23. The predicted octanol–water partition coefficient (Wildman–Crippen LogP) is 3.07. The molecule has 0 aliphatic carbocycles. The lowest BCUT2D eigenvalue weighted by atomic mass is 10.1. The Balaban J connectivity index is 2.42. The fourth-order valence-corrected chi connectivity index (χ4v) is 2.24. The van der Waals surface area contributed by atoms with E-state index < -0.39 is 0 Å². The maximum atomic E-state index is 11.0. The van der Waals surface area contributed by atoms with E-state index in [4.69, 9.17) is 0 Å². The molecular formula is C14H17N3O2. The van der Waals surface area contributed by atoms with Crippen molar-refractivity contribution in [2.45, 2.75) is 34.2 Å². The van der Waals surface area contributed by atoms with Crippen LogP contribution in [0, 0.1) is 37.8 Å². The lowest BCUT2D eigenvalue weighted by molar-refractivity contribution is -0.386. The molecule has 0 fully saturated rings. The molecule has 0 atom stereocenters. The molecule has 1 aromatic carbocycles. The van der Waals surface area contributed by atoms with Gasteiger partial charge in [0.25, 0.3) is 0 Å². The minimum atomic E-state index is -0.364. The van der Waals surface area contributed by atoms with Gasteiger partial charge in [-0.25, -0.2) is 0 Å². The molecule has 100 valence electrons. The highest BCUT2D eigenvalue weighted by atomic mass is 16.6. The monoisotopic (exact) mass is 259 g/mol. The average molecular weight is 259 g/mol. The van der Waals surface area contributed by atoms with Crippen molar-refractivity contribution in [1.29, 1.82) is 0 Å². The summed E-state index contributed by atoms with van der Waals surface area (Å²) in [7, 11) is 0. The van der Waals surface area contributed by atoms with Crippen molar-refractivity contribution in [1.82, 2.24) is 9.78 Å². The Kier molecular flexibility index (Phi) is 3.38. The topological polar surface area (TPSA) is 61.0 Å². The third-order valence-electron chi connectivity index (χ3n) is 3.35. The van der Waals surface area contributed by atoms with Crippen molar-refractivity contribution >= 4 is 5.69 Å². The summed E-state index contributed by atoms with van der Waals surface area (Å²) in [5.41, 5.74) is 4.67. The van der Waals surface area contributed by atoms with E-state index in [9.17, 15) is 10.1 Å². The summed E-state index contributed by atoms with van der Waals surface area (Å²) < 4.78 is 1.70. The summed E-state index contributed by atoms with van der Waals surface area (Å²) >= 11 is 0. The van der Waals surface area contributed by atoms with Crippen molar-refractivity contribution in [3.63, 3.8) is 0 Å². The molecular weight excluding hydrogens is 242 g/mol. The van der Waals surface area contributed by atoms with E-state index in [2.05, 4.69) is 23.3 Å². The molecule has 0 spiro atoms. The molecule has 0 saturated heterocycles. The van der Waals surface area contributed by atoms with E-state index in [1.807, 2.05) is 13.8 Å². The zero-order chi connectivity index (χ0) is 14.2. The van der Waals surface area contributed by atoms with E-state index in [1.54, 1.807) is 18.5 Å². The zero-order valence-corrected chi connectivity index (χ0v) is 11.6. The molecule has 5 heteroatoms. The largest absolute Gasteiger partial charge is 0.312 e. The molecule has 0 saturated carbocycles. The fourth-order valence-electron chi connectivity index (χ4n) is 2.24. The number of hydrogen-bond acceptors (Lipinski definition) is 3. The second-order valence-electron chi connectivity index (χ2n) is 4.86. The van der Waals surface area contributed by atoms with Gasteiger partial charge in [0.2, 0.25) is 0 Å². The molecule has 1 aromatic heterocycles. The highest BCUT2D eigenvalue weighted by Gasteiger charge is 2.21. The summed E-state index contributed by atoms with van der Waals surface area (Å²) in [6.07, 6.45) is 0. The quantitative estimate of drug-likeness (QED) is 0.628. The second-order valence-corrected chi connectivity index (χ2v) is 4.86. The zero-order valence-electron chi connectivity index (χ0n) is 11.6. The van der Waals surface area contributed by atoms with Crippen LogP contribution in [-0.2, 0) is 6.54 Å². The van der Waals surface area contributed by atoms with E-state index >= 15 is 0 Å². The van der Waals surface area contributed by atoms with Crippen LogP contribution in [0.15, 0.2) is 18.2 Å². The van der Waals surface area contributed by atoms with Crippen molar-refractivity contribution in [2.24, 2.45) is 0 Å².